The minimum atomic E-state index is -0.738. The van der Waals surface area contributed by atoms with Crippen molar-refractivity contribution in [2.24, 2.45) is 10.7 Å². The van der Waals surface area contributed by atoms with E-state index in [9.17, 15) is 5.11 Å². The van der Waals surface area contributed by atoms with Crippen molar-refractivity contribution < 1.29 is 14.4 Å². The van der Waals surface area contributed by atoms with E-state index in [1.165, 1.54) is 6.20 Å². The molecule has 0 bridgehead atoms. The standard InChI is InChI=1S/C29H43ClN7O2/c1-9-10-11-23-20(2)37(7)18-24(23)25(14-22(30)17-31)32-19-33-27-15-26(34-21(3)38)28(16-29(27)39-8)36(6)13-12-35(4)5/h9-11,15-18,21,33-34,38H,2,7,12-14,19,31H2,1,3-6,8H3/q+1/b10-9-,22-17+,23-11+,32-25+/t21-/m1/s1. The number of ether oxygens (including phenoxy) is 1. The highest BCUT2D eigenvalue weighted by atomic mass is 35.5. The second kappa shape index (κ2) is 15.2. The Hall–Kier alpha value is -3.53. The van der Waals surface area contributed by atoms with Gasteiger partial charge in [-0.2, -0.15) is 4.58 Å². The lowest BCUT2D eigenvalue weighted by Crippen LogP contribution is -2.29. The average Bonchev–Trinajstić information content (AvgIpc) is 3.17. The number of nitrogens with one attached hydrogen (secondary N) is 2. The van der Waals surface area contributed by atoms with Crippen molar-refractivity contribution in [1.29, 1.82) is 0 Å². The summed E-state index contributed by atoms with van der Waals surface area (Å²) in [6.07, 6.45) is 8.74. The lowest BCUT2D eigenvalue weighted by Gasteiger charge is -2.27. The zero-order valence-corrected chi connectivity index (χ0v) is 24.7. The fraction of sp³-hybridized carbons (Fsp3) is 0.379. The number of likely N-dealkylation sites (N-methyl/N-ethyl adjacent to an activating group) is 2. The summed E-state index contributed by atoms with van der Waals surface area (Å²) in [5.41, 5.74) is 11.4. The maximum Gasteiger partial charge on any atom is 0.211 e. The summed E-state index contributed by atoms with van der Waals surface area (Å²) < 4.78 is 7.43. The molecule has 10 heteroatoms. The van der Waals surface area contributed by atoms with Gasteiger partial charge in [-0.25, -0.2) is 0 Å². The average molecular weight is 557 g/mol. The van der Waals surface area contributed by atoms with Crippen LogP contribution in [0.25, 0.3) is 0 Å². The zero-order valence-electron chi connectivity index (χ0n) is 24.0. The summed E-state index contributed by atoms with van der Waals surface area (Å²) in [6.45, 7) is 13.7. The Morgan fingerprint density at radius 2 is 2.00 bits per heavy atom. The van der Waals surface area contributed by atoms with E-state index in [4.69, 9.17) is 27.1 Å². The molecule has 0 aromatic heterocycles. The number of hydrogen-bond acceptors (Lipinski definition) is 8. The highest BCUT2D eigenvalue weighted by Gasteiger charge is 2.29. The van der Waals surface area contributed by atoms with Crippen molar-refractivity contribution in [3.05, 3.63) is 71.2 Å². The Morgan fingerprint density at radius 1 is 1.28 bits per heavy atom. The zero-order chi connectivity index (χ0) is 29.1. The smallest absolute Gasteiger partial charge is 0.211 e. The molecule has 1 atom stereocenters. The SMILES string of the molecule is C=C1/C(=C\C=C/C)C(/C(C/C(Cl)=C\N)=N/CNc2cc(N[C@@H](C)O)c(N(C)CCN(C)C)cc2OC)=C[N+]1=C. The lowest BCUT2D eigenvalue weighted by molar-refractivity contribution is -0.378. The van der Waals surface area contributed by atoms with Crippen molar-refractivity contribution in [3.8, 4) is 5.75 Å². The van der Waals surface area contributed by atoms with Crippen molar-refractivity contribution in [1.82, 2.24) is 4.90 Å². The van der Waals surface area contributed by atoms with Crippen LogP contribution in [0.1, 0.15) is 20.3 Å². The van der Waals surface area contributed by atoms with Crippen molar-refractivity contribution in [2.45, 2.75) is 26.5 Å². The molecule has 0 amide bonds. The number of methoxy groups -OCH3 is 1. The van der Waals surface area contributed by atoms with Crippen LogP contribution in [0.3, 0.4) is 0 Å². The molecule has 212 valence electrons. The molecule has 1 aromatic rings. The van der Waals surface area contributed by atoms with Gasteiger partial charge in [-0.3, -0.25) is 4.99 Å². The summed E-state index contributed by atoms with van der Waals surface area (Å²) in [5, 5.41) is 17.0. The third kappa shape index (κ3) is 9.02. The van der Waals surface area contributed by atoms with Gasteiger partial charge in [-0.1, -0.05) is 23.8 Å². The van der Waals surface area contributed by atoms with Crippen LogP contribution in [-0.2, 0) is 0 Å². The Kier molecular flexibility index (Phi) is 12.3. The predicted octanol–water partition coefficient (Wildman–Crippen LogP) is 4.31. The highest BCUT2D eigenvalue weighted by molar-refractivity contribution is 6.31. The van der Waals surface area contributed by atoms with Crippen LogP contribution in [-0.4, -0.2) is 81.3 Å². The number of hydrogen-bond donors (Lipinski definition) is 4. The molecule has 0 fully saturated rings. The molecule has 0 radical (unpaired) electrons. The number of aliphatic hydroxyl groups excluding tert-OH is 1. The molecule has 39 heavy (non-hydrogen) atoms. The first-order valence-corrected chi connectivity index (χ1v) is 13.1. The quantitative estimate of drug-likeness (QED) is 0.154. The van der Waals surface area contributed by atoms with Gasteiger partial charge in [0.25, 0.3) is 0 Å². The molecule has 0 unspecified atom stereocenters. The second-order valence-corrected chi connectivity index (χ2v) is 9.90. The molecule has 9 nitrogen and oxygen atoms in total. The van der Waals surface area contributed by atoms with Gasteiger partial charge in [0, 0.05) is 43.9 Å². The van der Waals surface area contributed by atoms with Gasteiger partial charge in [-0.05, 0) is 46.7 Å². The van der Waals surface area contributed by atoms with E-state index in [1.807, 2.05) is 64.6 Å². The van der Waals surface area contributed by atoms with E-state index in [1.54, 1.807) is 18.6 Å². The van der Waals surface area contributed by atoms with Crippen LogP contribution >= 0.6 is 11.6 Å². The van der Waals surface area contributed by atoms with E-state index in [2.05, 4.69) is 33.7 Å². The molecule has 0 aliphatic carbocycles. The Bertz CT molecular complexity index is 1200. The third-order valence-corrected chi connectivity index (χ3v) is 6.29. The normalized spacial score (nSPS) is 16.3. The number of benzene rings is 1. The van der Waals surface area contributed by atoms with Crippen LogP contribution in [0.5, 0.6) is 5.75 Å². The van der Waals surface area contributed by atoms with Crippen molar-refractivity contribution in [2.75, 3.05) is 63.5 Å². The van der Waals surface area contributed by atoms with Crippen LogP contribution in [0.15, 0.2) is 76.2 Å². The molecular weight excluding hydrogens is 514 g/mol. The summed E-state index contributed by atoms with van der Waals surface area (Å²) in [4.78, 5) is 9.09. The lowest BCUT2D eigenvalue weighted by atomic mass is 9.99. The number of rotatable bonds is 14. The van der Waals surface area contributed by atoms with E-state index in [0.29, 0.717) is 17.2 Å². The molecule has 0 spiro atoms. The van der Waals surface area contributed by atoms with E-state index < -0.39 is 6.23 Å². The second-order valence-electron chi connectivity index (χ2n) is 9.41. The van der Waals surface area contributed by atoms with Gasteiger partial charge < -0.3 is 36.0 Å². The third-order valence-electron chi connectivity index (χ3n) is 6.03. The number of nitrogens with zero attached hydrogens (tertiary/aromatic N) is 4. The molecule has 2 rings (SSSR count). The first-order chi connectivity index (χ1) is 18.5. The number of aliphatic imine (C=N–C) groups is 1. The number of allylic oxidation sites excluding steroid dienone is 5. The largest absolute Gasteiger partial charge is 0.495 e. The minimum Gasteiger partial charge on any atom is -0.495 e. The summed E-state index contributed by atoms with van der Waals surface area (Å²) in [5.74, 6) is 0.653. The van der Waals surface area contributed by atoms with E-state index in [0.717, 1.165) is 52.7 Å². The van der Waals surface area contributed by atoms with Crippen LogP contribution in [0.2, 0.25) is 0 Å². The van der Waals surface area contributed by atoms with Crippen molar-refractivity contribution >= 4 is 41.1 Å². The van der Waals surface area contributed by atoms with Gasteiger partial charge >= 0.3 is 0 Å². The van der Waals surface area contributed by atoms with E-state index >= 15 is 0 Å². The molecule has 1 aromatic carbocycles. The Morgan fingerprint density at radius 3 is 2.59 bits per heavy atom. The Balaban J connectivity index is 2.44. The Labute approximate surface area is 238 Å². The summed E-state index contributed by atoms with van der Waals surface area (Å²) in [6, 6.07) is 3.87. The maximum atomic E-state index is 10.1. The first-order valence-electron chi connectivity index (χ1n) is 12.7. The fourth-order valence-electron chi connectivity index (χ4n) is 3.90. The molecule has 1 aliphatic heterocycles. The molecular formula is C29H43ClN7O2+. The minimum absolute atomic E-state index is 0.238. The monoisotopic (exact) mass is 556 g/mol. The van der Waals surface area contributed by atoms with E-state index in [-0.39, 0.29) is 6.67 Å². The number of nitrogens with two attached hydrogens (primary N) is 1. The van der Waals surface area contributed by atoms with Gasteiger partial charge in [0.2, 0.25) is 5.70 Å². The molecule has 5 N–H and O–H groups in total. The summed E-state index contributed by atoms with van der Waals surface area (Å²) >= 11 is 6.33. The van der Waals surface area contributed by atoms with Crippen LogP contribution < -0.4 is 26.0 Å². The molecule has 1 aliphatic rings. The van der Waals surface area contributed by atoms with Gasteiger partial charge in [0.1, 0.15) is 25.4 Å². The first kappa shape index (κ1) is 31.7. The summed E-state index contributed by atoms with van der Waals surface area (Å²) in [7, 11) is 7.71. The highest BCUT2D eigenvalue weighted by Crippen LogP contribution is 2.37. The van der Waals surface area contributed by atoms with Gasteiger partial charge in [-0.15, -0.1) is 0 Å². The number of aliphatic hydroxyl groups is 1. The maximum absolute atomic E-state index is 10.1. The van der Waals surface area contributed by atoms with Crippen LogP contribution in [0, 0.1) is 0 Å². The van der Waals surface area contributed by atoms with Gasteiger partial charge in [0.05, 0.1) is 41.0 Å². The van der Waals surface area contributed by atoms with Crippen molar-refractivity contribution in [3.63, 3.8) is 0 Å². The predicted molar refractivity (Wildman–Crippen MR) is 166 cm³/mol. The topological polar surface area (TPSA) is 101 Å². The fourth-order valence-corrected chi connectivity index (χ4v) is 4.03. The van der Waals surface area contributed by atoms with Gasteiger partial charge in [0.15, 0.2) is 6.20 Å². The number of halogens is 1. The molecule has 0 saturated carbocycles. The number of anilines is 3. The molecule has 1 heterocycles. The molecule has 0 saturated heterocycles. The van der Waals surface area contributed by atoms with Crippen LogP contribution in [0.4, 0.5) is 17.1 Å².